The highest BCUT2D eigenvalue weighted by atomic mass is 35.5. The summed E-state index contributed by atoms with van der Waals surface area (Å²) in [5.74, 6) is -0.445. The minimum absolute atomic E-state index is 0.233. The largest absolute Gasteiger partial charge is 0.489 e. The van der Waals surface area contributed by atoms with Crippen molar-refractivity contribution in [1.82, 2.24) is 9.78 Å². The number of carboxylic acid groups (broad SMARTS) is 1. The summed E-state index contributed by atoms with van der Waals surface area (Å²) in [6, 6.07) is 23.1. The summed E-state index contributed by atoms with van der Waals surface area (Å²) in [6.07, 6.45) is 5.10. The Morgan fingerprint density at radius 2 is 1.52 bits per heavy atom. The SMILES string of the molecule is CC(=NOCc1ccc(Cl)cc1)C(Cc1ccc(OCc2cnn(-c3ccc(CC(C)C)cc3)c2)cc1)C(=O)O. The van der Waals surface area contributed by atoms with Crippen LogP contribution in [0.3, 0.4) is 0 Å². The number of aromatic nitrogens is 2. The summed E-state index contributed by atoms with van der Waals surface area (Å²) in [5.41, 5.74) is 5.43. The van der Waals surface area contributed by atoms with E-state index in [0.29, 0.717) is 29.0 Å². The van der Waals surface area contributed by atoms with E-state index >= 15 is 0 Å². The number of carboxylic acids is 1. The number of oxime groups is 1. The van der Waals surface area contributed by atoms with Crippen LogP contribution >= 0.6 is 11.6 Å². The van der Waals surface area contributed by atoms with Crippen LogP contribution in [-0.2, 0) is 35.7 Å². The lowest BCUT2D eigenvalue weighted by Crippen LogP contribution is -2.24. The molecule has 1 aromatic heterocycles. The molecule has 0 saturated carbocycles. The third-order valence-corrected chi connectivity index (χ3v) is 6.66. The Balaban J connectivity index is 1.29. The summed E-state index contributed by atoms with van der Waals surface area (Å²) in [4.78, 5) is 17.3. The van der Waals surface area contributed by atoms with Crippen molar-refractivity contribution >= 4 is 23.3 Å². The first-order valence-electron chi connectivity index (χ1n) is 13.2. The van der Waals surface area contributed by atoms with Gasteiger partial charge in [0.15, 0.2) is 0 Å². The molecule has 4 aromatic rings. The lowest BCUT2D eigenvalue weighted by Gasteiger charge is -2.13. The summed E-state index contributed by atoms with van der Waals surface area (Å²) in [6.45, 7) is 6.70. The molecule has 4 rings (SSSR count). The van der Waals surface area contributed by atoms with Crippen molar-refractivity contribution in [3.05, 3.63) is 112 Å². The second kappa shape index (κ2) is 13.8. The Labute approximate surface area is 240 Å². The fourth-order valence-corrected chi connectivity index (χ4v) is 4.35. The molecule has 8 heteroatoms. The van der Waals surface area contributed by atoms with Gasteiger partial charge in [0.05, 0.1) is 17.6 Å². The highest BCUT2D eigenvalue weighted by Gasteiger charge is 2.22. The Hall–Kier alpha value is -4.10. The average molecular weight is 560 g/mol. The topological polar surface area (TPSA) is 85.9 Å². The van der Waals surface area contributed by atoms with Crippen molar-refractivity contribution in [2.45, 2.75) is 46.8 Å². The molecular weight excluding hydrogens is 526 g/mol. The first-order valence-corrected chi connectivity index (χ1v) is 13.6. The molecule has 1 N–H and O–H groups in total. The number of aliphatic carboxylic acids is 1. The molecule has 1 unspecified atom stereocenters. The number of ether oxygens (including phenoxy) is 1. The Bertz CT molecular complexity index is 1410. The smallest absolute Gasteiger partial charge is 0.312 e. The second-order valence-corrected chi connectivity index (χ2v) is 10.7. The number of hydrogen-bond acceptors (Lipinski definition) is 5. The van der Waals surface area contributed by atoms with Crippen molar-refractivity contribution in [2.75, 3.05) is 0 Å². The van der Waals surface area contributed by atoms with Gasteiger partial charge in [-0.15, -0.1) is 0 Å². The summed E-state index contributed by atoms with van der Waals surface area (Å²) in [5, 5.41) is 18.9. The molecule has 1 heterocycles. The molecule has 0 radical (unpaired) electrons. The Morgan fingerprint density at radius 3 is 2.17 bits per heavy atom. The van der Waals surface area contributed by atoms with Crippen LogP contribution in [0.15, 0.2) is 90.3 Å². The van der Waals surface area contributed by atoms with Crippen LogP contribution in [0, 0.1) is 11.8 Å². The fraction of sp³-hybridized carbons (Fsp3) is 0.281. The van der Waals surface area contributed by atoms with E-state index in [0.717, 1.165) is 28.8 Å². The van der Waals surface area contributed by atoms with Crippen molar-refractivity contribution in [1.29, 1.82) is 0 Å². The summed E-state index contributed by atoms with van der Waals surface area (Å²) < 4.78 is 7.78. The fourth-order valence-electron chi connectivity index (χ4n) is 4.22. The van der Waals surface area contributed by atoms with E-state index in [1.165, 1.54) is 5.56 Å². The van der Waals surface area contributed by atoms with Crippen LogP contribution in [0.25, 0.3) is 5.69 Å². The molecule has 0 aliphatic carbocycles. The zero-order valence-corrected chi connectivity index (χ0v) is 23.7. The van der Waals surface area contributed by atoms with Crippen LogP contribution in [-0.4, -0.2) is 26.6 Å². The molecule has 7 nitrogen and oxygen atoms in total. The molecule has 3 aromatic carbocycles. The third kappa shape index (κ3) is 8.45. The predicted molar refractivity (Wildman–Crippen MR) is 157 cm³/mol. The van der Waals surface area contributed by atoms with E-state index < -0.39 is 11.9 Å². The van der Waals surface area contributed by atoms with Crippen LogP contribution in [0.1, 0.15) is 43.0 Å². The van der Waals surface area contributed by atoms with Gasteiger partial charge in [-0.1, -0.05) is 67.0 Å². The molecule has 1 atom stereocenters. The standard InChI is InChI=1S/C32H34ClN3O4/c1-22(2)16-24-6-12-29(13-7-24)36-19-27(18-34-36)20-39-30-14-8-25(9-15-30)17-31(32(37)38)23(3)35-40-21-26-4-10-28(33)11-5-26/h4-15,18-19,22,31H,16-17,20-21H2,1-3H3,(H,37,38). The molecule has 0 aliphatic rings. The van der Waals surface area contributed by atoms with E-state index in [-0.39, 0.29) is 13.0 Å². The van der Waals surface area contributed by atoms with Crippen molar-refractivity contribution in [2.24, 2.45) is 17.0 Å². The van der Waals surface area contributed by atoms with Gasteiger partial charge in [-0.05, 0) is 78.8 Å². The normalized spacial score (nSPS) is 12.4. The van der Waals surface area contributed by atoms with E-state index in [1.807, 2.05) is 47.3 Å². The molecule has 40 heavy (non-hydrogen) atoms. The number of halogens is 1. The maximum absolute atomic E-state index is 11.9. The van der Waals surface area contributed by atoms with Gasteiger partial charge < -0.3 is 14.7 Å². The van der Waals surface area contributed by atoms with Crippen molar-refractivity contribution in [3.8, 4) is 11.4 Å². The zero-order valence-electron chi connectivity index (χ0n) is 23.0. The number of carbonyl (C=O) groups is 1. The van der Waals surface area contributed by atoms with Crippen LogP contribution in [0.4, 0.5) is 0 Å². The van der Waals surface area contributed by atoms with Crippen molar-refractivity contribution < 1.29 is 19.5 Å². The quantitative estimate of drug-likeness (QED) is 0.139. The molecule has 208 valence electrons. The minimum Gasteiger partial charge on any atom is -0.489 e. The number of benzene rings is 3. The summed E-state index contributed by atoms with van der Waals surface area (Å²) in [7, 11) is 0. The highest BCUT2D eigenvalue weighted by molar-refractivity contribution is 6.30. The Kier molecular flexibility index (Phi) is 9.97. The molecule has 0 aliphatic heterocycles. The maximum atomic E-state index is 11.9. The van der Waals surface area contributed by atoms with Gasteiger partial charge >= 0.3 is 5.97 Å². The number of hydrogen-bond donors (Lipinski definition) is 1. The maximum Gasteiger partial charge on any atom is 0.312 e. The molecule has 0 fully saturated rings. The lowest BCUT2D eigenvalue weighted by molar-refractivity contribution is -0.139. The lowest BCUT2D eigenvalue weighted by atomic mass is 9.95. The van der Waals surface area contributed by atoms with Gasteiger partial charge in [-0.3, -0.25) is 4.79 Å². The monoisotopic (exact) mass is 559 g/mol. The number of rotatable bonds is 13. The molecule has 0 saturated heterocycles. The number of nitrogens with zero attached hydrogens (tertiary/aromatic N) is 3. The van der Waals surface area contributed by atoms with E-state index in [2.05, 4.69) is 48.4 Å². The van der Waals surface area contributed by atoms with Gasteiger partial charge in [-0.2, -0.15) is 5.10 Å². The van der Waals surface area contributed by atoms with Gasteiger partial charge in [-0.25, -0.2) is 4.68 Å². The highest BCUT2D eigenvalue weighted by Crippen LogP contribution is 2.19. The van der Waals surface area contributed by atoms with E-state index in [1.54, 1.807) is 25.3 Å². The molecule has 0 bridgehead atoms. The first kappa shape index (κ1) is 28.9. The van der Waals surface area contributed by atoms with Crippen LogP contribution in [0.2, 0.25) is 5.02 Å². The third-order valence-electron chi connectivity index (χ3n) is 6.40. The Morgan fingerprint density at radius 1 is 0.900 bits per heavy atom. The van der Waals surface area contributed by atoms with E-state index in [9.17, 15) is 9.90 Å². The molecule has 0 amide bonds. The average Bonchev–Trinajstić information content (AvgIpc) is 3.41. The van der Waals surface area contributed by atoms with Gasteiger partial charge in [0.2, 0.25) is 0 Å². The zero-order chi connectivity index (χ0) is 28.5. The van der Waals surface area contributed by atoms with Gasteiger partial charge in [0, 0.05) is 16.8 Å². The second-order valence-electron chi connectivity index (χ2n) is 10.2. The van der Waals surface area contributed by atoms with E-state index in [4.69, 9.17) is 21.2 Å². The predicted octanol–water partition coefficient (Wildman–Crippen LogP) is 7.14. The van der Waals surface area contributed by atoms with Crippen LogP contribution in [0.5, 0.6) is 5.75 Å². The van der Waals surface area contributed by atoms with Crippen LogP contribution < -0.4 is 4.74 Å². The molecular formula is C32H34ClN3O4. The minimum atomic E-state index is -0.955. The van der Waals surface area contributed by atoms with Gasteiger partial charge in [0.1, 0.15) is 24.9 Å². The van der Waals surface area contributed by atoms with Gasteiger partial charge in [0.25, 0.3) is 0 Å². The summed E-state index contributed by atoms with van der Waals surface area (Å²) >= 11 is 5.90. The van der Waals surface area contributed by atoms with Crippen molar-refractivity contribution in [3.63, 3.8) is 0 Å². The molecule has 0 spiro atoms. The first-order chi connectivity index (χ1) is 19.3.